The summed E-state index contributed by atoms with van der Waals surface area (Å²) in [4.78, 5) is 25.0. The molecule has 0 saturated carbocycles. The molecular weight excluding hydrogens is 334 g/mol. The molecule has 3 aromatic rings. The van der Waals surface area contributed by atoms with Gasteiger partial charge in [-0.1, -0.05) is 17.3 Å². The highest BCUT2D eigenvalue weighted by Gasteiger charge is 2.10. The number of nitrogens with one attached hydrogen (secondary N) is 1. The van der Waals surface area contributed by atoms with Crippen molar-refractivity contribution in [2.75, 3.05) is 6.54 Å². The minimum Gasteiger partial charge on any atom is -0.387 e. The van der Waals surface area contributed by atoms with Crippen LogP contribution < -0.4 is 5.32 Å². The summed E-state index contributed by atoms with van der Waals surface area (Å²) in [5.74, 6) is 0.420. The number of nitrogens with zero attached hydrogens (tertiary/aromatic N) is 4. The van der Waals surface area contributed by atoms with Crippen molar-refractivity contribution < 1.29 is 14.4 Å². The Kier molecular flexibility index (Phi) is 5.33. The van der Waals surface area contributed by atoms with Crippen molar-refractivity contribution in [3.8, 4) is 11.3 Å². The Morgan fingerprint density at radius 3 is 2.65 bits per heavy atom. The van der Waals surface area contributed by atoms with Crippen molar-refractivity contribution in [3.05, 3.63) is 59.1 Å². The van der Waals surface area contributed by atoms with Crippen LogP contribution in [0.2, 0.25) is 0 Å². The fraction of sp³-hybridized carbons (Fsp3) is 0.278. The van der Waals surface area contributed by atoms with Crippen LogP contribution in [-0.2, 0) is 13.0 Å². The van der Waals surface area contributed by atoms with Gasteiger partial charge in [0.15, 0.2) is 5.82 Å². The van der Waals surface area contributed by atoms with Gasteiger partial charge in [0.1, 0.15) is 6.61 Å². The molecular formula is C18H19N5O3. The van der Waals surface area contributed by atoms with Crippen LogP contribution in [-0.4, -0.2) is 37.7 Å². The Bertz CT molecular complexity index is 905. The molecule has 8 nitrogen and oxygen atoms in total. The lowest BCUT2D eigenvalue weighted by Crippen LogP contribution is -2.25. The predicted molar refractivity (Wildman–Crippen MR) is 93.2 cm³/mol. The largest absolute Gasteiger partial charge is 0.387 e. The van der Waals surface area contributed by atoms with E-state index in [1.54, 1.807) is 18.3 Å². The summed E-state index contributed by atoms with van der Waals surface area (Å²) in [5.41, 5.74) is 3.97. The fourth-order valence-corrected chi connectivity index (χ4v) is 2.44. The number of aliphatic hydroxyl groups excluding tert-OH is 1. The van der Waals surface area contributed by atoms with Gasteiger partial charge in [-0.05, 0) is 26.0 Å². The summed E-state index contributed by atoms with van der Waals surface area (Å²) >= 11 is 0. The van der Waals surface area contributed by atoms with E-state index in [1.807, 2.05) is 26.0 Å². The molecule has 0 aliphatic rings. The van der Waals surface area contributed by atoms with Crippen molar-refractivity contribution in [3.63, 3.8) is 0 Å². The van der Waals surface area contributed by atoms with Gasteiger partial charge in [0.2, 0.25) is 0 Å². The quantitative estimate of drug-likeness (QED) is 0.692. The molecule has 0 atom stereocenters. The summed E-state index contributed by atoms with van der Waals surface area (Å²) in [5, 5.41) is 15.4. The molecule has 0 aliphatic carbocycles. The lowest BCUT2D eigenvalue weighted by atomic mass is 10.1. The maximum absolute atomic E-state index is 12.2. The molecule has 1 amide bonds. The monoisotopic (exact) mass is 353 g/mol. The summed E-state index contributed by atoms with van der Waals surface area (Å²) in [7, 11) is 0. The topological polar surface area (TPSA) is 114 Å². The number of aliphatic hydroxyl groups is 1. The normalized spacial score (nSPS) is 10.7. The first-order valence-corrected chi connectivity index (χ1v) is 8.18. The van der Waals surface area contributed by atoms with Crippen molar-refractivity contribution in [2.24, 2.45) is 0 Å². The van der Waals surface area contributed by atoms with Gasteiger partial charge in [0, 0.05) is 30.3 Å². The third-order valence-electron chi connectivity index (χ3n) is 3.78. The predicted octanol–water partition coefficient (Wildman–Crippen LogP) is 1.61. The molecule has 1 aromatic carbocycles. The van der Waals surface area contributed by atoms with Crippen molar-refractivity contribution in [1.82, 2.24) is 25.4 Å². The Balaban J connectivity index is 1.60. The van der Waals surface area contributed by atoms with Crippen LogP contribution in [0, 0.1) is 13.8 Å². The second-order valence-electron chi connectivity index (χ2n) is 5.79. The summed E-state index contributed by atoms with van der Waals surface area (Å²) in [6, 6.07) is 7.23. The highest BCUT2D eigenvalue weighted by atomic mass is 16.5. The van der Waals surface area contributed by atoms with E-state index >= 15 is 0 Å². The van der Waals surface area contributed by atoms with Crippen LogP contribution in [0.1, 0.15) is 33.5 Å². The number of amides is 1. The molecule has 0 bridgehead atoms. The Hall–Kier alpha value is -3.13. The Labute approximate surface area is 150 Å². The lowest BCUT2D eigenvalue weighted by Gasteiger charge is -2.07. The molecule has 2 aromatic heterocycles. The first-order chi connectivity index (χ1) is 12.6. The average molecular weight is 353 g/mol. The number of hydrogen-bond donors (Lipinski definition) is 2. The highest BCUT2D eigenvalue weighted by molar-refractivity contribution is 5.94. The number of carbonyl (C=O) groups is 1. The minimum absolute atomic E-state index is 0.163. The second-order valence-corrected chi connectivity index (χ2v) is 5.79. The standard InChI is InChI=1S/C18H19N5O3/c1-11-9-20-12(2)17(21-11)13-3-5-14(6-4-13)18(25)19-8-7-15-22-16(10-24)26-23-15/h3-6,9,24H,7-8,10H2,1-2H3,(H,19,25). The van der Waals surface area contributed by atoms with Crippen molar-refractivity contribution in [2.45, 2.75) is 26.9 Å². The molecule has 0 spiro atoms. The number of aryl methyl sites for hydroxylation is 2. The van der Waals surface area contributed by atoms with Gasteiger partial charge in [-0.2, -0.15) is 4.98 Å². The first kappa shape index (κ1) is 17.7. The molecule has 2 heterocycles. The van der Waals surface area contributed by atoms with E-state index in [1.165, 1.54) is 0 Å². The van der Waals surface area contributed by atoms with E-state index in [0.29, 0.717) is 24.4 Å². The molecule has 2 N–H and O–H groups in total. The van der Waals surface area contributed by atoms with Gasteiger partial charge < -0.3 is 14.9 Å². The number of rotatable bonds is 6. The fourth-order valence-electron chi connectivity index (χ4n) is 2.44. The van der Waals surface area contributed by atoms with Crippen LogP contribution in [0.25, 0.3) is 11.3 Å². The third kappa shape index (κ3) is 4.09. The zero-order valence-corrected chi connectivity index (χ0v) is 14.6. The maximum atomic E-state index is 12.2. The molecule has 0 unspecified atom stereocenters. The van der Waals surface area contributed by atoms with Gasteiger partial charge >= 0.3 is 0 Å². The SMILES string of the molecule is Cc1cnc(C)c(-c2ccc(C(=O)NCCc3noc(CO)n3)cc2)n1. The zero-order chi connectivity index (χ0) is 18.5. The second kappa shape index (κ2) is 7.83. The van der Waals surface area contributed by atoms with Gasteiger partial charge in [0.05, 0.1) is 17.1 Å². The zero-order valence-electron chi connectivity index (χ0n) is 14.6. The molecule has 26 heavy (non-hydrogen) atoms. The molecule has 8 heteroatoms. The smallest absolute Gasteiger partial charge is 0.252 e. The molecule has 0 fully saturated rings. The highest BCUT2D eigenvalue weighted by Crippen LogP contribution is 2.20. The van der Waals surface area contributed by atoms with E-state index in [0.717, 1.165) is 22.6 Å². The molecule has 0 saturated heterocycles. The Morgan fingerprint density at radius 1 is 1.19 bits per heavy atom. The van der Waals surface area contributed by atoms with Crippen LogP contribution in [0.15, 0.2) is 35.0 Å². The van der Waals surface area contributed by atoms with Crippen LogP contribution >= 0.6 is 0 Å². The Morgan fingerprint density at radius 2 is 1.96 bits per heavy atom. The van der Waals surface area contributed by atoms with Crippen LogP contribution in [0.3, 0.4) is 0 Å². The van der Waals surface area contributed by atoms with Gasteiger partial charge in [0.25, 0.3) is 11.8 Å². The van der Waals surface area contributed by atoms with E-state index in [9.17, 15) is 4.79 Å². The lowest BCUT2D eigenvalue weighted by molar-refractivity contribution is 0.0954. The molecule has 0 aliphatic heterocycles. The van der Waals surface area contributed by atoms with Gasteiger partial charge in [-0.3, -0.25) is 9.78 Å². The molecule has 0 radical (unpaired) electrons. The van der Waals surface area contributed by atoms with E-state index in [4.69, 9.17) is 9.63 Å². The maximum Gasteiger partial charge on any atom is 0.252 e. The number of benzene rings is 1. The minimum atomic E-state index is -0.295. The number of carbonyl (C=O) groups excluding carboxylic acids is 1. The number of hydrogen-bond acceptors (Lipinski definition) is 7. The van der Waals surface area contributed by atoms with Gasteiger partial charge in [-0.25, -0.2) is 4.98 Å². The first-order valence-electron chi connectivity index (χ1n) is 8.18. The van der Waals surface area contributed by atoms with E-state index < -0.39 is 0 Å². The summed E-state index contributed by atoms with van der Waals surface area (Å²) in [6.07, 6.45) is 2.15. The van der Waals surface area contributed by atoms with E-state index in [-0.39, 0.29) is 18.4 Å². The third-order valence-corrected chi connectivity index (χ3v) is 3.78. The van der Waals surface area contributed by atoms with E-state index in [2.05, 4.69) is 25.4 Å². The van der Waals surface area contributed by atoms with Crippen LogP contribution in [0.4, 0.5) is 0 Å². The van der Waals surface area contributed by atoms with Crippen molar-refractivity contribution in [1.29, 1.82) is 0 Å². The molecule has 134 valence electrons. The average Bonchev–Trinajstić information content (AvgIpc) is 3.12. The summed E-state index contributed by atoms with van der Waals surface area (Å²) in [6.45, 7) is 3.87. The van der Waals surface area contributed by atoms with Gasteiger partial charge in [-0.15, -0.1) is 0 Å². The molecule has 3 rings (SSSR count). The summed E-state index contributed by atoms with van der Waals surface area (Å²) < 4.78 is 4.79. The van der Waals surface area contributed by atoms with Crippen LogP contribution in [0.5, 0.6) is 0 Å². The van der Waals surface area contributed by atoms with Crippen molar-refractivity contribution >= 4 is 5.91 Å². The number of aromatic nitrogens is 4.